The normalized spacial score (nSPS) is 18.5. The van der Waals surface area contributed by atoms with E-state index in [4.69, 9.17) is 0 Å². The minimum atomic E-state index is -0.705. The lowest BCUT2D eigenvalue weighted by molar-refractivity contribution is 0.169. The van der Waals surface area contributed by atoms with Crippen LogP contribution in [0.25, 0.3) is 0 Å². The monoisotopic (exact) mass is 289 g/mol. The molecule has 0 aliphatic heterocycles. The summed E-state index contributed by atoms with van der Waals surface area (Å²) in [5.74, 6) is -0.555. The maximum atomic E-state index is 13.3. The Morgan fingerprint density at radius 2 is 1.81 bits per heavy atom. The second-order valence-corrected chi connectivity index (χ2v) is 5.41. The first-order chi connectivity index (χ1) is 10.1. The van der Waals surface area contributed by atoms with Crippen LogP contribution < -0.4 is 5.32 Å². The third-order valence-corrected chi connectivity index (χ3v) is 4.00. The van der Waals surface area contributed by atoms with Crippen LogP contribution in [0.15, 0.2) is 42.5 Å². The Labute approximate surface area is 122 Å². The van der Waals surface area contributed by atoms with Crippen molar-refractivity contribution in [3.05, 3.63) is 70.8 Å². The van der Waals surface area contributed by atoms with Crippen LogP contribution in [0.2, 0.25) is 0 Å². The van der Waals surface area contributed by atoms with Crippen molar-refractivity contribution in [2.75, 3.05) is 6.54 Å². The molecule has 1 aliphatic carbocycles. The Morgan fingerprint density at radius 1 is 1.10 bits per heavy atom. The van der Waals surface area contributed by atoms with E-state index in [1.165, 1.54) is 18.2 Å². The van der Waals surface area contributed by atoms with Gasteiger partial charge in [0.2, 0.25) is 0 Å². The van der Waals surface area contributed by atoms with E-state index >= 15 is 0 Å². The molecule has 110 valence electrons. The van der Waals surface area contributed by atoms with Crippen molar-refractivity contribution >= 4 is 0 Å². The number of nitrogens with one attached hydrogen (secondary N) is 1. The van der Waals surface area contributed by atoms with Crippen molar-refractivity contribution in [3.8, 4) is 0 Å². The van der Waals surface area contributed by atoms with Crippen LogP contribution in [0.3, 0.4) is 0 Å². The Morgan fingerprint density at radius 3 is 2.57 bits per heavy atom. The van der Waals surface area contributed by atoms with E-state index in [0.717, 1.165) is 24.0 Å². The summed E-state index contributed by atoms with van der Waals surface area (Å²) in [6, 6.07) is 10.7. The minimum absolute atomic E-state index is 0.0609. The first-order valence-corrected chi connectivity index (χ1v) is 7.09. The molecule has 0 saturated carbocycles. The minimum Gasteiger partial charge on any atom is -0.387 e. The highest BCUT2D eigenvalue weighted by atomic mass is 19.1. The Kier molecular flexibility index (Phi) is 3.99. The summed E-state index contributed by atoms with van der Waals surface area (Å²) in [6.45, 7) is 0.353. The van der Waals surface area contributed by atoms with Crippen LogP contribution in [0.1, 0.15) is 35.3 Å². The second kappa shape index (κ2) is 5.92. The van der Waals surface area contributed by atoms with Gasteiger partial charge in [-0.15, -0.1) is 0 Å². The van der Waals surface area contributed by atoms with Crippen molar-refractivity contribution in [1.82, 2.24) is 5.32 Å². The lowest BCUT2D eigenvalue weighted by atomic mass is 10.1. The topological polar surface area (TPSA) is 32.3 Å². The number of rotatable bonds is 4. The molecule has 2 aromatic carbocycles. The van der Waals surface area contributed by atoms with Gasteiger partial charge in [0.05, 0.1) is 6.10 Å². The van der Waals surface area contributed by atoms with Crippen molar-refractivity contribution in [3.63, 3.8) is 0 Å². The van der Waals surface area contributed by atoms with E-state index in [-0.39, 0.29) is 17.7 Å². The van der Waals surface area contributed by atoms with Gasteiger partial charge in [-0.05, 0) is 53.8 Å². The van der Waals surface area contributed by atoms with Gasteiger partial charge in [0, 0.05) is 12.6 Å². The van der Waals surface area contributed by atoms with Crippen LogP contribution in [-0.4, -0.2) is 11.7 Å². The number of aliphatic hydroxyl groups is 1. The smallest absolute Gasteiger partial charge is 0.123 e. The van der Waals surface area contributed by atoms with Crippen LogP contribution in [0.4, 0.5) is 8.78 Å². The highest BCUT2D eigenvalue weighted by molar-refractivity contribution is 5.35. The average Bonchev–Trinajstić information content (AvgIpc) is 2.88. The molecule has 1 aliphatic rings. The zero-order valence-corrected chi connectivity index (χ0v) is 11.5. The molecule has 2 atom stereocenters. The predicted octanol–water partition coefficient (Wildman–Crippen LogP) is 3.28. The number of halogens is 2. The van der Waals surface area contributed by atoms with E-state index in [9.17, 15) is 13.9 Å². The molecule has 0 bridgehead atoms. The second-order valence-electron chi connectivity index (χ2n) is 5.41. The van der Waals surface area contributed by atoms with Gasteiger partial charge in [-0.3, -0.25) is 0 Å². The average molecular weight is 289 g/mol. The number of hydrogen-bond donors (Lipinski definition) is 2. The molecule has 4 heteroatoms. The SMILES string of the molecule is OC(CNC1CCc2ccc(F)cc21)c1ccc(F)cc1. The van der Waals surface area contributed by atoms with Crippen molar-refractivity contribution in [2.45, 2.75) is 25.0 Å². The molecule has 0 aromatic heterocycles. The molecule has 2 unspecified atom stereocenters. The summed E-state index contributed by atoms with van der Waals surface area (Å²) in [5.41, 5.74) is 2.80. The molecule has 0 amide bonds. The van der Waals surface area contributed by atoms with E-state index in [1.807, 2.05) is 6.07 Å². The number of aryl methyl sites for hydroxylation is 1. The molecule has 0 heterocycles. The van der Waals surface area contributed by atoms with Crippen LogP contribution in [-0.2, 0) is 6.42 Å². The molecular formula is C17H17F2NO. The fourth-order valence-corrected chi connectivity index (χ4v) is 2.84. The van der Waals surface area contributed by atoms with E-state index < -0.39 is 6.10 Å². The quantitative estimate of drug-likeness (QED) is 0.905. The largest absolute Gasteiger partial charge is 0.387 e. The molecule has 0 radical (unpaired) electrons. The summed E-state index contributed by atoms with van der Waals surface area (Å²) >= 11 is 0. The van der Waals surface area contributed by atoms with Gasteiger partial charge < -0.3 is 10.4 Å². The molecule has 2 N–H and O–H groups in total. The van der Waals surface area contributed by atoms with Crippen molar-refractivity contribution < 1.29 is 13.9 Å². The summed E-state index contributed by atoms with van der Waals surface area (Å²) in [7, 11) is 0. The summed E-state index contributed by atoms with van der Waals surface area (Å²) in [5, 5.41) is 13.4. The molecule has 0 spiro atoms. The van der Waals surface area contributed by atoms with Gasteiger partial charge in [0.1, 0.15) is 11.6 Å². The molecule has 0 saturated heterocycles. The molecule has 2 aromatic rings. The summed E-state index contributed by atoms with van der Waals surface area (Å²) in [6.07, 6.45) is 1.11. The lowest BCUT2D eigenvalue weighted by Crippen LogP contribution is -2.25. The third-order valence-electron chi connectivity index (χ3n) is 4.00. The van der Waals surface area contributed by atoms with E-state index in [2.05, 4.69) is 5.32 Å². The highest BCUT2D eigenvalue weighted by Crippen LogP contribution is 2.31. The Bertz CT molecular complexity index is 627. The lowest BCUT2D eigenvalue weighted by Gasteiger charge is -2.18. The Balaban J connectivity index is 1.64. The summed E-state index contributed by atoms with van der Waals surface area (Å²) in [4.78, 5) is 0. The zero-order chi connectivity index (χ0) is 14.8. The number of benzene rings is 2. The van der Waals surface area contributed by atoms with E-state index in [0.29, 0.717) is 12.1 Å². The fraction of sp³-hybridized carbons (Fsp3) is 0.294. The standard InChI is InChI=1S/C17H17F2NO/c18-13-5-2-12(3-6-13)17(21)10-20-16-8-4-11-1-7-14(19)9-15(11)16/h1-3,5-7,9,16-17,20-21H,4,8,10H2. The van der Waals surface area contributed by atoms with Crippen molar-refractivity contribution in [2.24, 2.45) is 0 Å². The number of aliphatic hydroxyl groups excluding tert-OH is 1. The maximum absolute atomic E-state index is 13.3. The van der Waals surface area contributed by atoms with Gasteiger partial charge >= 0.3 is 0 Å². The highest BCUT2D eigenvalue weighted by Gasteiger charge is 2.23. The molecule has 0 fully saturated rings. The van der Waals surface area contributed by atoms with Gasteiger partial charge in [0.15, 0.2) is 0 Å². The van der Waals surface area contributed by atoms with Gasteiger partial charge in [-0.2, -0.15) is 0 Å². The maximum Gasteiger partial charge on any atom is 0.123 e. The summed E-state index contributed by atoms with van der Waals surface area (Å²) < 4.78 is 26.2. The molecule has 21 heavy (non-hydrogen) atoms. The van der Waals surface area contributed by atoms with Crippen LogP contribution in [0, 0.1) is 11.6 Å². The first-order valence-electron chi connectivity index (χ1n) is 7.09. The number of hydrogen-bond acceptors (Lipinski definition) is 2. The molecule has 3 rings (SSSR count). The fourth-order valence-electron chi connectivity index (χ4n) is 2.84. The van der Waals surface area contributed by atoms with Gasteiger partial charge in [0.25, 0.3) is 0 Å². The first kappa shape index (κ1) is 14.2. The predicted molar refractivity (Wildman–Crippen MR) is 76.8 cm³/mol. The van der Waals surface area contributed by atoms with Gasteiger partial charge in [-0.25, -0.2) is 8.78 Å². The Hall–Kier alpha value is -1.78. The molecule has 2 nitrogen and oxygen atoms in total. The van der Waals surface area contributed by atoms with E-state index in [1.54, 1.807) is 18.2 Å². The number of fused-ring (bicyclic) bond motifs is 1. The zero-order valence-electron chi connectivity index (χ0n) is 11.5. The molecular weight excluding hydrogens is 272 g/mol. The van der Waals surface area contributed by atoms with Crippen LogP contribution >= 0.6 is 0 Å². The van der Waals surface area contributed by atoms with Crippen LogP contribution in [0.5, 0.6) is 0 Å². The van der Waals surface area contributed by atoms with Crippen molar-refractivity contribution in [1.29, 1.82) is 0 Å². The third kappa shape index (κ3) is 3.12. The van der Waals surface area contributed by atoms with Gasteiger partial charge in [-0.1, -0.05) is 18.2 Å².